The van der Waals surface area contributed by atoms with Gasteiger partial charge < -0.3 is 19.8 Å². The topological polar surface area (TPSA) is 86.1 Å². The fraction of sp³-hybridized carbons (Fsp3) is 0.667. The van der Waals surface area contributed by atoms with Gasteiger partial charge in [-0.1, -0.05) is 0 Å². The van der Waals surface area contributed by atoms with Gasteiger partial charge in [-0.15, -0.1) is 0 Å². The minimum Gasteiger partial charge on any atom is -0.390 e. The van der Waals surface area contributed by atoms with Crippen LogP contribution in [0.5, 0.6) is 0 Å². The van der Waals surface area contributed by atoms with Crippen molar-refractivity contribution in [2.24, 2.45) is 0 Å². The molecule has 1 aromatic rings. The molecule has 1 spiro atoms. The highest BCUT2D eigenvalue weighted by atomic mass is 16.5. The largest absolute Gasteiger partial charge is 0.390 e. The Bertz CT molecular complexity index is 575. The summed E-state index contributed by atoms with van der Waals surface area (Å²) in [6.45, 7) is 2.51. The lowest BCUT2D eigenvalue weighted by Gasteiger charge is -2.46. The molecule has 2 fully saturated rings. The lowest BCUT2D eigenvalue weighted by Crippen LogP contribution is -2.55. The standard InChI is InChI=1S/C18H27N3O4/c1-20(11-14-2-6-19-7-3-14)12-17(24)21-8-4-18(5-9-21)10-15(22)16(23)13-25-18/h2-3,6-7,15-16,22-23H,4-5,8-13H2,1H3/t15-,16+/m1/s1. The third-order valence-electron chi connectivity index (χ3n) is 5.22. The Morgan fingerprint density at radius 3 is 2.64 bits per heavy atom. The van der Waals surface area contributed by atoms with Crippen molar-refractivity contribution in [3.63, 3.8) is 0 Å². The molecule has 0 unspecified atom stereocenters. The predicted molar refractivity (Wildman–Crippen MR) is 91.7 cm³/mol. The van der Waals surface area contributed by atoms with E-state index in [1.165, 1.54) is 0 Å². The minimum atomic E-state index is -0.799. The van der Waals surface area contributed by atoms with Crippen LogP contribution < -0.4 is 0 Å². The normalized spacial score (nSPS) is 26.2. The number of likely N-dealkylation sites (tertiary alicyclic amines) is 1. The van der Waals surface area contributed by atoms with E-state index < -0.39 is 17.8 Å². The van der Waals surface area contributed by atoms with Crippen LogP contribution in [-0.2, 0) is 16.1 Å². The van der Waals surface area contributed by atoms with Gasteiger partial charge in [0.15, 0.2) is 0 Å². The van der Waals surface area contributed by atoms with Crippen molar-refractivity contribution in [2.45, 2.75) is 43.6 Å². The highest BCUT2D eigenvalue weighted by Gasteiger charge is 2.43. The van der Waals surface area contributed by atoms with Crippen molar-refractivity contribution in [1.29, 1.82) is 0 Å². The van der Waals surface area contributed by atoms with Gasteiger partial charge >= 0.3 is 0 Å². The molecule has 3 rings (SSSR count). The van der Waals surface area contributed by atoms with Crippen LogP contribution in [0, 0.1) is 0 Å². The van der Waals surface area contributed by atoms with Gasteiger partial charge in [-0.3, -0.25) is 14.7 Å². The fourth-order valence-corrected chi connectivity index (χ4v) is 3.65. The second-order valence-electron chi connectivity index (χ2n) is 7.24. The van der Waals surface area contributed by atoms with E-state index >= 15 is 0 Å². The summed E-state index contributed by atoms with van der Waals surface area (Å²) in [5, 5.41) is 19.5. The summed E-state index contributed by atoms with van der Waals surface area (Å²) in [6.07, 6.45) is 3.83. The first-order valence-corrected chi connectivity index (χ1v) is 8.83. The number of nitrogens with zero attached hydrogens (tertiary/aromatic N) is 3. The average molecular weight is 349 g/mol. The van der Waals surface area contributed by atoms with Gasteiger partial charge in [0.2, 0.25) is 5.91 Å². The Morgan fingerprint density at radius 1 is 1.32 bits per heavy atom. The molecular formula is C18H27N3O4. The van der Waals surface area contributed by atoms with E-state index in [-0.39, 0.29) is 12.5 Å². The van der Waals surface area contributed by atoms with E-state index in [0.717, 1.165) is 5.56 Å². The van der Waals surface area contributed by atoms with E-state index in [9.17, 15) is 15.0 Å². The van der Waals surface area contributed by atoms with Crippen LogP contribution >= 0.6 is 0 Å². The summed E-state index contributed by atoms with van der Waals surface area (Å²) in [6, 6.07) is 3.90. The number of piperidine rings is 1. The summed E-state index contributed by atoms with van der Waals surface area (Å²) in [5.74, 6) is 0.114. The van der Waals surface area contributed by atoms with Crippen molar-refractivity contribution in [2.75, 3.05) is 33.3 Å². The number of pyridine rings is 1. The molecule has 0 aromatic carbocycles. The van der Waals surface area contributed by atoms with Gasteiger partial charge in [-0.2, -0.15) is 0 Å². The maximum Gasteiger partial charge on any atom is 0.236 e. The highest BCUT2D eigenvalue weighted by Crippen LogP contribution is 2.35. The quantitative estimate of drug-likeness (QED) is 0.797. The van der Waals surface area contributed by atoms with Crippen molar-refractivity contribution >= 4 is 5.91 Å². The van der Waals surface area contributed by atoms with Crippen molar-refractivity contribution in [3.05, 3.63) is 30.1 Å². The lowest BCUT2D eigenvalue weighted by atomic mass is 9.82. The molecule has 0 saturated carbocycles. The Kier molecular flexibility index (Phi) is 5.68. The highest BCUT2D eigenvalue weighted by molar-refractivity contribution is 5.78. The molecule has 2 N–H and O–H groups in total. The molecule has 0 bridgehead atoms. The van der Waals surface area contributed by atoms with E-state index in [0.29, 0.717) is 45.4 Å². The third-order valence-corrected chi connectivity index (χ3v) is 5.22. The number of carbonyl (C=O) groups excluding carboxylic acids is 1. The van der Waals surface area contributed by atoms with Crippen LogP contribution in [0.3, 0.4) is 0 Å². The van der Waals surface area contributed by atoms with Crippen LogP contribution in [0.2, 0.25) is 0 Å². The molecule has 0 radical (unpaired) electrons. The van der Waals surface area contributed by atoms with Gasteiger partial charge in [0.1, 0.15) is 6.10 Å². The number of hydrogen-bond donors (Lipinski definition) is 2. The number of carbonyl (C=O) groups is 1. The van der Waals surface area contributed by atoms with Crippen LogP contribution in [0.15, 0.2) is 24.5 Å². The fourth-order valence-electron chi connectivity index (χ4n) is 3.65. The molecule has 1 aromatic heterocycles. The van der Waals surface area contributed by atoms with E-state index in [4.69, 9.17) is 4.74 Å². The molecule has 2 atom stereocenters. The zero-order chi connectivity index (χ0) is 17.9. The average Bonchev–Trinajstić information content (AvgIpc) is 2.60. The number of aliphatic hydroxyl groups is 2. The van der Waals surface area contributed by atoms with E-state index in [1.54, 1.807) is 12.4 Å². The van der Waals surface area contributed by atoms with Crippen LogP contribution in [-0.4, -0.2) is 82.0 Å². The molecule has 2 saturated heterocycles. The second kappa shape index (κ2) is 7.78. The van der Waals surface area contributed by atoms with Crippen molar-refractivity contribution < 1.29 is 19.7 Å². The molecule has 2 aliphatic rings. The molecule has 1 amide bonds. The Hall–Kier alpha value is -1.54. The zero-order valence-electron chi connectivity index (χ0n) is 14.7. The summed E-state index contributed by atoms with van der Waals surface area (Å²) < 4.78 is 5.81. The number of likely N-dealkylation sites (N-methyl/N-ethyl adjacent to an activating group) is 1. The second-order valence-corrected chi connectivity index (χ2v) is 7.24. The molecule has 25 heavy (non-hydrogen) atoms. The number of aromatic nitrogens is 1. The monoisotopic (exact) mass is 349 g/mol. The lowest BCUT2D eigenvalue weighted by molar-refractivity contribution is -0.189. The summed E-state index contributed by atoms with van der Waals surface area (Å²) in [5.41, 5.74) is 0.740. The summed E-state index contributed by atoms with van der Waals surface area (Å²) in [7, 11) is 1.94. The first-order chi connectivity index (χ1) is 12.0. The Labute approximate surface area is 148 Å². The van der Waals surface area contributed by atoms with E-state index in [2.05, 4.69) is 4.98 Å². The SMILES string of the molecule is CN(CC(=O)N1CCC2(CC1)C[C@@H](O)[C@@H](O)CO2)Cc1ccncc1. The van der Waals surface area contributed by atoms with Crippen LogP contribution in [0.4, 0.5) is 0 Å². The molecule has 138 valence electrons. The summed E-state index contributed by atoms with van der Waals surface area (Å²) >= 11 is 0. The molecule has 7 heteroatoms. The number of amides is 1. The molecule has 7 nitrogen and oxygen atoms in total. The van der Waals surface area contributed by atoms with Crippen LogP contribution in [0.1, 0.15) is 24.8 Å². The maximum absolute atomic E-state index is 12.5. The number of ether oxygens (including phenoxy) is 1. The molecule has 3 heterocycles. The molecule has 0 aliphatic carbocycles. The summed E-state index contributed by atoms with van der Waals surface area (Å²) in [4.78, 5) is 20.4. The van der Waals surface area contributed by atoms with Gasteiger partial charge in [0.05, 0.1) is 24.9 Å². The number of aliphatic hydroxyl groups excluding tert-OH is 2. The number of rotatable bonds is 4. The number of hydrogen-bond acceptors (Lipinski definition) is 6. The third kappa shape index (κ3) is 4.55. The smallest absolute Gasteiger partial charge is 0.236 e. The zero-order valence-corrected chi connectivity index (χ0v) is 14.7. The first-order valence-electron chi connectivity index (χ1n) is 8.83. The van der Waals surface area contributed by atoms with Crippen molar-refractivity contribution in [1.82, 2.24) is 14.8 Å². The van der Waals surface area contributed by atoms with Crippen LogP contribution in [0.25, 0.3) is 0 Å². The predicted octanol–water partition coefficient (Wildman–Crippen LogP) is 0.0167. The molecular weight excluding hydrogens is 322 g/mol. The van der Waals surface area contributed by atoms with Gasteiger partial charge in [0, 0.05) is 38.4 Å². The Balaban J connectivity index is 1.47. The van der Waals surface area contributed by atoms with Crippen molar-refractivity contribution in [3.8, 4) is 0 Å². The Morgan fingerprint density at radius 2 is 2.00 bits per heavy atom. The minimum absolute atomic E-state index is 0.114. The first kappa shape index (κ1) is 18.3. The molecule has 2 aliphatic heterocycles. The van der Waals surface area contributed by atoms with Gasteiger partial charge in [-0.25, -0.2) is 0 Å². The van der Waals surface area contributed by atoms with Gasteiger partial charge in [-0.05, 0) is 37.6 Å². The van der Waals surface area contributed by atoms with E-state index in [1.807, 2.05) is 29.0 Å². The maximum atomic E-state index is 12.5. The van der Waals surface area contributed by atoms with Gasteiger partial charge in [0.25, 0.3) is 0 Å².